The largest absolute Gasteiger partial charge is 0.504 e. The summed E-state index contributed by atoms with van der Waals surface area (Å²) in [5.74, 6) is 0.309. The second-order valence-electron chi connectivity index (χ2n) is 4.55. The maximum absolute atomic E-state index is 12.3. The third-order valence-electron chi connectivity index (χ3n) is 3.22. The number of hydrogen-bond acceptors (Lipinski definition) is 5. The number of aromatic nitrogens is 2. The van der Waals surface area contributed by atoms with Crippen molar-refractivity contribution in [1.29, 1.82) is 0 Å². The predicted octanol–water partition coefficient (Wildman–Crippen LogP) is 1.99. The first-order valence-corrected chi connectivity index (χ1v) is 6.57. The van der Waals surface area contributed by atoms with Crippen LogP contribution in [-0.4, -0.2) is 28.1 Å². The van der Waals surface area contributed by atoms with Crippen LogP contribution in [0.1, 0.15) is 5.56 Å². The highest BCUT2D eigenvalue weighted by Gasteiger charge is 2.06. The standard InChI is InChI=1S/C16H13N3O3/c1-22-14-8-4-5-11(15(14)20)9-18-19-10-17-13-7-3-2-6-12(13)16(19)21/h2-10,20H,1H3/b18-9+. The van der Waals surface area contributed by atoms with E-state index in [0.717, 1.165) is 4.68 Å². The Labute approximate surface area is 125 Å². The van der Waals surface area contributed by atoms with E-state index in [9.17, 15) is 9.90 Å². The summed E-state index contributed by atoms with van der Waals surface area (Å²) in [5.41, 5.74) is 0.784. The number of benzene rings is 2. The first-order valence-electron chi connectivity index (χ1n) is 6.57. The number of nitrogens with zero attached hydrogens (tertiary/aromatic N) is 3. The Morgan fingerprint density at radius 2 is 2.05 bits per heavy atom. The summed E-state index contributed by atoms with van der Waals surface area (Å²) in [6.45, 7) is 0. The molecule has 2 aromatic carbocycles. The summed E-state index contributed by atoms with van der Waals surface area (Å²) in [5, 5.41) is 14.5. The Hall–Kier alpha value is -3.15. The molecule has 22 heavy (non-hydrogen) atoms. The maximum Gasteiger partial charge on any atom is 0.281 e. The minimum Gasteiger partial charge on any atom is -0.504 e. The van der Waals surface area contributed by atoms with Gasteiger partial charge in [-0.05, 0) is 24.3 Å². The molecule has 3 rings (SSSR count). The lowest BCUT2D eigenvalue weighted by Gasteiger charge is -2.05. The summed E-state index contributed by atoms with van der Waals surface area (Å²) in [7, 11) is 1.47. The smallest absolute Gasteiger partial charge is 0.281 e. The van der Waals surface area contributed by atoms with Crippen molar-refractivity contribution in [2.75, 3.05) is 7.11 Å². The van der Waals surface area contributed by atoms with E-state index in [1.165, 1.54) is 19.7 Å². The first-order chi connectivity index (χ1) is 10.7. The van der Waals surface area contributed by atoms with Crippen molar-refractivity contribution < 1.29 is 9.84 Å². The topological polar surface area (TPSA) is 76.7 Å². The fourth-order valence-corrected chi connectivity index (χ4v) is 2.07. The van der Waals surface area contributed by atoms with E-state index in [1.54, 1.807) is 36.4 Å². The zero-order chi connectivity index (χ0) is 15.5. The highest BCUT2D eigenvalue weighted by molar-refractivity contribution is 5.85. The molecule has 0 amide bonds. The number of aromatic hydroxyl groups is 1. The van der Waals surface area contributed by atoms with Gasteiger partial charge in [0.2, 0.25) is 0 Å². The monoisotopic (exact) mass is 295 g/mol. The van der Waals surface area contributed by atoms with Gasteiger partial charge < -0.3 is 9.84 Å². The van der Waals surface area contributed by atoms with Crippen molar-refractivity contribution in [3.05, 3.63) is 64.7 Å². The molecule has 0 aliphatic rings. The van der Waals surface area contributed by atoms with Crippen LogP contribution in [0.2, 0.25) is 0 Å². The second-order valence-corrected chi connectivity index (χ2v) is 4.55. The highest BCUT2D eigenvalue weighted by Crippen LogP contribution is 2.27. The van der Waals surface area contributed by atoms with E-state index in [4.69, 9.17) is 4.74 Å². The molecule has 0 unspecified atom stereocenters. The Morgan fingerprint density at radius 3 is 2.86 bits per heavy atom. The van der Waals surface area contributed by atoms with E-state index in [1.807, 2.05) is 6.07 Å². The number of hydrogen-bond donors (Lipinski definition) is 1. The molecule has 1 heterocycles. The molecule has 0 atom stereocenters. The van der Waals surface area contributed by atoms with Gasteiger partial charge in [-0.15, -0.1) is 0 Å². The molecule has 3 aromatic rings. The van der Waals surface area contributed by atoms with E-state index >= 15 is 0 Å². The Balaban J connectivity index is 2.03. The molecule has 0 saturated heterocycles. The normalized spacial score (nSPS) is 11.1. The summed E-state index contributed by atoms with van der Waals surface area (Å²) in [4.78, 5) is 16.5. The van der Waals surface area contributed by atoms with Crippen LogP contribution in [0.3, 0.4) is 0 Å². The number of para-hydroxylation sites is 2. The van der Waals surface area contributed by atoms with Crippen molar-refractivity contribution >= 4 is 17.1 Å². The van der Waals surface area contributed by atoms with Gasteiger partial charge in [0.05, 0.1) is 24.2 Å². The molecule has 0 radical (unpaired) electrons. The molecule has 1 N–H and O–H groups in total. The SMILES string of the molecule is COc1cccc(/C=N/n2cnc3ccccc3c2=O)c1O. The predicted molar refractivity (Wildman–Crippen MR) is 83.7 cm³/mol. The summed E-state index contributed by atoms with van der Waals surface area (Å²) in [6.07, 6.45) is 2.73. The molecule has 110 valence electrons. The average molecular weight is 295 g/mol. The summed E-state index contributed by atoms with van der Waals surface area (Å²) >= 11 is 0. The number of rotatable bonds is 3. The first kappa shape index (κ1) is 13.8. The van der Waals surface area contributed by atoms with Crippen molar-refractivity contribution in [3.8, 4) is 11.5 Å². The third kappa shape index (κ3) is 2.42. The minimum atomic E-state index is -0.274. The lowest BCUT2D eigenvalue weighted by molar-refractivity contribution is 0.373. The van der Waals surface area contributed by atoms with Gasteiger partial charge in [-0.2, -0.15) is 9.78 Å². The summed E-state index contributed by atoms with van der Waals surface area (Å²) in [6, 6.07) is 12.1. The van der Waals surface area contributed by atoms with Gasteiger partial charge in [0.1, 0.15) is 6.33 Å². The van der Waals surface area contributed by atoms with Crippen LogP contribution >= 0.6 is 0 Å². The van der Waals surface area contributed by atoms with Gasteiger partial charge in [-0.25, -0.2) is 4.98 Å². The van der Waals surface area contributed by atoms with Crippen LogP contribution in [0.5, 0.6) is 11.5 Å². The maximum atomic E-state index is 12.3. The molecule has 0 saturated carbocycles. The molecule has 6 nitrogen and oxygen atoms in total. The van der Waals surface area contributed by atoms with E-state index < -0.39 is 0 Å². The molecule has 0 aliphatic carbocycles. The van der Waals surface area contributed by atoms with Crippen LogP contribution in [0, 0.1) is 0 Å². The molecule has 0 fully saturated rings. The Bertz CT molecular complexity index is 916. The molecule has 1 aromatic heterocycles. The van der Waals surface area contributed by atoms with Crippen LogP contribution in [0.4, 0.5) is 0 Å². The fourth-order valence-electron chi connectivity index (χ4n) is 2.07. The zero-order valence-electron chi connectivity index (χ0n) is 11.8. The van der Waals surface area contributed by atoms with Crippen LogP contribution in [0.15, 0.2) is 58.7 Å². The van der Waals surface area contributed by atoms with E-state index in [-0.39, 0.29) is 11.3 Å². The van der Waals surface area contributed by atoms with Gasteiger partial charge in [-0.1, -0.05) is 18.2 Å². The van der Waals surface area contributed by atoms with Crippen LogP contribution < -0.4 is 10.3 Å². The average Bonchev–Trinajstić information content (AvgIpc) is 2.56. The molecule has 0 bridgehead atoms. The minimum absolute atomic E-state index is 0.0319. The number of ether oxygens (including phenoxy) is 1. The van der Waals surface area contributed by atoms with Crippen molar-refractivity contribution in [2.45, 2.75) is 0 Å². The zero-order valence-corrected chi connectivity index (χ0v) is 11.8. The second kappa shape index (κ2) is 5.69. The lowest BCUT2D eigenvalue weighted by Crippen LogP contribution is -2.16. The quantitative estimate of drug-likeness (QED) is 0.750. The fraction of sp³-hybridized carbons (Fsp3) is 0.0625. The molecule has 6 heteroatoms. The van der Waals surface area contributed by atoms with Crippen LogP contribution in [-0.2, 0) is 0 Å². The molecular weight excluding hydrogens is 282 g/mol. The van der Waals surface area contributed by atoms with Gasteiger partial charge in [0.25, 0.3) is 5.56 Å². The van der Waals surface area contributed by atoms with Crippen molar-refractivity contribution in [1.82, 2.24) is 9.66 Å². The number of fused-ring (bicyclic) bond motifs is 1. The molecule has 0 spiro atoms. The van der Waals surface area contributed by atoms with Gasteiger partial charge >= 0.3 is 0 Å². The molecular formula is C16H13N3O3. The number of phenolic OH excluding ortho intramolecular Hbond substituents is 1. The van der Waals surface area contributed by atoms with Crippen molar-refractivity contribution in [2.24, 2.45) is 5.10 Å². The highest BCUT2D eigenvalue weighted by atomic mass is 16.5. The van der Waals surface area contributed by atoms with Gasteiger partial charge in [-0.3, -0.25) is 4.79 Å². The van der Waals surface area contributed by atoms with E-state index in [2.05, 4.69) is 10.1 Å². The lowest BCUT2D eigenvalue weighted by atomic mass is 10.2. The van der Waals surface area contributed by atoms with Crippen molar-refractivity contribution in [3.63, 3.8) is 0 Å². The Morgan fingerprint density at radius 1 is 1.23 bits per heavy atom. The Kier molecular flexibility index (Phi) is 3.57. The summed E-state index contributed by atoms with van der Waals surface area (Å²) < 4.78 is 6.15. The third-order valence-corrected chi connectivity index (χ3v) is 3.22. The molecule has 0 aliphatic heterocycles. The number of phenols is 1. The van der Waals surface area contributed by atoms with Gasteiger partial charge in [0.15, 0.2) is 11.5 Å². The van der Waals surface area contributed by atoms with E-state index in [0.29, 0.717) is 22.2 Å². The van der Waals surface area contributed by atoms with Gasteiger partial charge in [0, 0.05) is 5.56 Å². The number of methoxy groups -OCH3 is 1. The van der Waals surface area contributed by atoms with Crippen LogP contribution in [0.25, 0.3) is 10.9 Å².